The molecule has 2 heterocycles. The summed E-state index contributed by atoms with van der Waals surface area (Å²) in [4.78, 5) is 2.05. The van der Waals surface area contributed by atoms with Crippen molar-refractivity contribution in [3.05, 3.63) is 5.89 Å². The Kier molecular flexibility index (Phi) is 3.17. The van der Waals surface area contributed by atoms with E-state index in [2.05, 4.69) is 17.1 Å². The van der Waals surface area contributed by atoms with Crippen molar-refractivity contribution in [3.8, 4) is 0 Å². The normalized spacial score (nSPS) is 22.0. The summed E-state index contributed by atoms with van der Waals surface area (Å²) in [6.45, 7) is 4.70. The van der Waals surface area contributed by atoms with Crippen molar-refractivity contribution in [2.24, 2.45) is 5.73 Å². The van der Waals surface area contributed by atoms with Gasteiger partial charge in [-0.15, -0.1) is 5.10 Å². The van der Waals surface area contributed by atoms with Crippen LogP contribution < -0.4 is 10.6 Å². The maximum atomic E-state index is 5.56. The average Bonchev–Trinajstić information content (AvgIpc) is 2.78. The summed E-state index contributed by atoms with van der Waals surface area (Å²) in [7, 11) is 0. The standard InChI is InChI=1S/C9H16N4O2/c1-2-7-6-13(3-4-14-7)9-12-11-8(5-10)15-9/h7H,2-6,10H2,1H3. The molecule has 1 aliphatic rings. The lowest BCUT2D eigenvalue weighted by atomic mass is 10.2. The fourth-order valence-corrected chi connectivity index (χ4v) is 1.60. The minimum atomic E-state index is 0.256. The topological polar surface area (TPSA) is 77.4 Å². The van der Waals surface area contributed by atoms with E-state index in [1.54, 1.807) is 0 Å². The highest BCUT2D eigenvalue weighted by Gasteiger charge is 2.22. The van der Waals surface area contributed by atoms with Gasteiger partial charge in [0.2, 0.25) is 5.89 Å². The largest absolute Gasteiger partial charge is 0.407 e. The molecule has 1 aliphatic heterocycles. The molecule has 0 aliphatic carbocycles. The molecule has 0 spiro atoms. The third kappa shape index (κ3) is 2.27. The number of morpholine rings is 1. The third-order valence-corrected chi connectivity index (χ3v) is 2.50. The fourth-order valence-electron chi connectivity index (χ4n) is 1.60. The minimum absolute atomic E-state index is 0.256. The van der Waals surface area contributed by atoms with E-state index in [0.29, 0.717) is 18.5 Å². The number of aromatic nitrogens is 2. The van der Waals surface area contributed by atoms with Crippen LogP contribution >= 0.6 is 0 Å². The second-order valence-electron chi connectivity index (χ2n) is 3.53. The maximum absolute atomic E-state index is 5.56. The predicted octanol–water partition coefficient (Wildman–Crippen LogP) is 0.144. The summed E-state index contributed by atoms with van der Waals surface area (Å²) < 4.78 is 10.9. The van der Waals surface area contributed by atoms with E-state index in [0.717, 1.165) is 19.5 Å². The first-order valence-corrected chi connectivity index (χ1v) is 5.22. The lowest BCUT2D eigenvalue weighted by Gasteiger charge is -2.30. The quantitative estimate of drug-likeness (QED) is 0.768. The first-order valence-electron chi connectivity index (χ1n) is 5.22. The van der Waals surface area contributed by atoms with E-state index >= 15 is 0 Å². The van der Waals surface area contributed by atoms with Crippen molar-refractivity contribution in [3.63, 3.8) is 0 Å². The highest BCUT2D eigenvalue weighted by Crippen LogP contribution is 2.16. The predicted molar refractivity (Wildman–Crippen MR) is 54.4 cm³/mol. The summed E-state index contributed by atoms with van der Waals surface area (Å²) in [5, 5.41) is 7.79. The van der Waals surface area contributed by atoms with Crippen LogP contribution in [0, 0.1) is 0 Å². The van der Waals surface area contributed by atoms with Crippen molar-refractivity contribution in [1.82, 2.24) is 10.2 Å². The highest BCUT2D eigenvalue weighted by molar-refractivity contribution is 5.25. The summed E-state index contributed by atoms with van der Waals surface area (Å²) in [6.07, 6.45) is 1.25. The van der Waals surface area contributed by atoms with Gasteiger partial charge in [-0.2, -0.15) is 0 Å². The monoisotopic (exact) mass is 212 g/mol. The minimum Gasteiger partial charge on any atom is -0.407 e. The first kappa shape index (κ1) is 10.4. The van der Waals surface area contributed by atoms with Crippen molar-refractivity contribution in [2.45, 2.75) is 26.0 Å². The number of rotatable bonds is 3. The molecule has 0 aromatic carbocycles. The van der Waals surface area contributed by atoms with Gasteiger partial charge in [0.1, 0.15) is 0 Å². The van der Waals surface area contributed by atoms with Gasteiger partial charge in [-0.05, 0) is 6.42 Å². The molecule has 15 heavy (non-hydrogen) atoms. The fraction of sp³-hybridized carbons (Fsp3) is 0.778. The number of hydrogen-bond donors (Lipinski definition) is 1. The van der Waals surface area contributed by atoms with E-state index < -0.39 is 0 Å². The summed E-state index contributed by atoms with van der Waals surface area (Å²) >= 11 is 0. The van der Waals surface area contributed by atoms with Crippen LogP contribution in [0.3, 0.4) is 0 Å². The van der Waals surface area contributed by atoms with Crippen molar-refractivity contribution in [2.75, 3.05) is 24.6 Å². The molecule has 6 nitrogen and oxygen atoms in total. The van der Waals surface area contributed by atoms with Gasteiger partial charge in [0.25, 0.3) is 0 Å². The second-order valence-corrected chi connectivity index (χ2v) is 3.53. The molecule has 84 valence electrons. The molecule has 1 unspecified atom stereocenters. The Morgan fingerprint density at radius 3 is 3.07 bits per heavy atom. The molecular weight excluding hydrogens is 196 g/mol. The molecule has 0 amide bonds. The first-order chi connectivity index (χ1) is 7.33. The summed E-state index contributed by atoms with van der Waals surface area (Å²) in [6, 6.07) is 0.553. The van der Waals surface area contributed by atoms with Crippen LogP contribution in [0.15, 0.2) is 4.42 Å². The number of ether oxygens (including phenoxy) is 1. The Balaban J connectivity index is 2.03. The Bertz CT molecular complexity index is 315. The zero-order valence-corrected chi connectivity index (χ0v) is 8.85. The number of anilines is 1. The average molecular weight is 212 g/mol. The molecule has 1 aromatic heterocycles. The molecule has 1 aromatic rings. The van der Waals surface area contributed by atoms with Crippen molar-refractivity contribution in [1.29, 1.82) is 0 Å². The Hall–Kier alpha value is -1.14. The van der Waals surface area contributed by atoms with Crippen LogP contribution in [0.2, 0.25) is 0 Å². The molecule has 0 saturated carbocycles. The molecule has 1 saturated heterocycles. The molecule has 0 bridgehead atoms. The van der Waals surface area contributed by atoms with E-state index in [9.17, 15) is 0 Å². The van der Waals surface area contributed by atoms with Gasteiger partial charge in [-0.3, -0.25) is 0 Å². The van der Waals surface area contributed by atoms with Crippen LogP contribution in [0.1, 0.15) is 19.2 Å². The molecular formula is C9H16N4O2. The van der Waals surface area contributed by atoms with Gasteiger partial charge in [0.15, 0.2) is 0 Å². The van der Waals surface area contributed by atoms with E-state index in [-0.39, 0.29) is 12.6 Å². The summed E-state index contributed by atoms with van der Waals surface area (Å²) in [5.74, 6) is 0.476. The van der Waals surface area contributed by atoms with Crippen LogP contribution in [-0.2, 0) is 11.3 Å². The lowest BCUT2D eigenvalue weighted by Crippen LogP contribution is -2.42. The number of nitrogens with zero attached hydrogens (tertiary/aromatic N) is 3. The van der Waals surface area contributed by atoms with Gasteiger partial charge < -0.3 is 19.8 Å². The Labute approximate surface area is 88.4 Å². The van der Waals surface area contributed by atoms with Crippen LogP contribution in [0.5, 0.6) is 0 Å². The second kappa shape index (κ2) is 4.59. The van der Waals surface area contributed by atoms with E-state index in [4.69, 9.17) is 14.9 Å². The molecule has 2 rings (SSSR count). The van der Waals surface area contributed by atoms with Gasteiger partial charge in [-0.1, -0.05) is 12.0 Å². The zero-order valence-electron chi connectivity index (χ0n) is 8.85. The van der Waals surface area contributed by atoms with Gasteiger partial charge in [0, 0.05) is 13.1 Å². The van der Waals surface area contributed by atoms with Crippen molar-refractivity contribution < 1.29 is 9.15 Å². The molecule has 2 N–H and O–H groups in total. The van der Waals surface area contributed by atoms with Gasteiger partial charge >= 0.3 is 6.01 Å². The highest BCUT2D eigenvalue weighted by atomic mass is 16.5. The zero-order chi connectivity index (χ0) is 10.7. The third-order valence-electron chi connectivity index (χ3n) is 2.50. The maximum Gasteiger partial charge on any atom is 0.318 e. The molecule has 1 fully saturated rings. The van der Waals surface area contributed by atoms with E-state index in [1.165, 1.54) is 0 Å². The van der Waals surface area contributed by atoms with Crippen LogP contribution in [0.4, 0.5) is 6.01 Å². The van der Waals surface area contributed by atoms with Crippen LogP contribution in [0.25, 0.3) is 0 Å². The Morgan fingerprint density at radius 1 is 1.53 bits per heavy atom. The van der Waals surface area contributed by atoms with E-state index in [1.807, 2.05) is 4.90 Å². The van der Waals surface area contributed by atoms with Gasteiger partial charge in [0.05, 0.1) is 19.3 Å². The summed E-state index contributed by atoms with van der Waals surface area (Å²) in [5.41, 5.74) is 5.41. The number of hydrogen-bond acceptors (Lipinski definition) is 6. The Morgan fingerprint density at radius 2 is 2.40 bits per heavy atom. The van der Waals surface area contributed by atoms with Crippen molar-refractivity contribution >= 4 is 6.01 Å². The number of nitrogens with two attached hydrogens (primary N) is 1. The lowest BCUT2D eigenvalue weighted by molar-refractivity contribution is 0.0366. The van der Waals surface area contributed by atoms with Crippen LogP contribution in [-0.4, -0.2) is 36.0 Å². The smallest absolute Gasteiger partial charge is 0.318 e. The molecule has 6 heteroatoms. The SMILES string of the molecule is CCC1CN(c2nnc(CN)o2)CCO1. The molecule has 1 atom stereocenters. The molecule has 0 radical (unpaired) electrons. The van der Waals surface area contributed by atoms with Gasteiger partial charge in [-0.25, -0.2) is 0 Å².